The summed E-state index contributed by atoms with van der Waals surface area (Å²) in [5.41, 5.74) is 2.30. The van der Waals surface area contributed by atoms with Crippen LogP contribution in [0.3, 0.4) is 0 Å². The van der Waals surface area contributed by atoms with E-state index < -0.39 is 0 Å². The molecule has 0 N–H and O–H groups in total. The monoisotopic (exact) mass is 334 g/mol. The van der Waals surface area contributed by atoms with Gasteiger partial charge in [0.2, 0.25) is 0 Å². The Morgan fingerprint density at radius 2 is 1.40 bits per heavy atom. The van der Waals surface area contributed by atoms with Crippen molar-refractivity contribution in [3.8, 4) is 16.9 Å². The van der Waals surface area contributed by atoms with Crippen LogP contribution in [0.5, 0.6) is 0 Å². The smallest absolute Gasteiger partial charge is 0.123 e. The van der Waals surface area contributed by atoms with Crippen molar-refractivity contribution in [2.75, 3.05) is 0 Å². The Morgan fingerprint density at radius 3 is 2.00 bits per heavy atom. The van der Waals surface area contributed by atoms with E-state index in [0.717, 1.165) is 15.9 Å². The van der Waals surface area contributed by atoms with Gasteiger partial charge < -0.3 is 0 Å². The highest BCUT2D eigenvalue weighted by Crippen LogP contribution is 2.29. The third kappa shape index (κ3) is 2.36. The third-order valence-electron chi connectivity index (χ3n) is 2.93. The number of hydrogen-bond donors (Lipinski definition) is 0. The fourth-order valence-corrected chi connectivity index (χ4v) is 2.54. The Kier molecular flexibility index (Phi) is 3.36. The highest BCUT2D eigenvalue weighted by molar-refractivity contribution is 9.10. The second-order valence-electron chi connectivity index (χ2n) is 4.24. The van der Waals surface area contributed by atoms with Crippen LogP contribution < -0.4 is 0 Å². The molecule has 0 saturated heterocycles. The fraction of sp³-hybridized carbons (Fsp3) is 0. The van der Waals surface area contributed by atoms with Crippen molar-refractivity contribution < 1.29 is 8.78 Å². The third-order valence-corrected chi connectivity index (χ3v) is 3.69. The topological polar surface area (TPSA) is 17.8 Å². The standard InChI is InChI=1S/C15H9BrF2N2/c16-15-14(10-1-3-11(17)4-2-10)19-9-20(15)13-7-5-12(18)6-8-13/h1-9H. The quantitative estimate of drug-likeness (QED) is 0.670. The molecular formula is C15H9BrF2N2. The van der Waals surface area contributed by atoms with Gasteiger partial charge in [0.25, 0.3) is 0 Å². The van der Waals surface area contributed by atoms with Crippen molar-refractivity contribution in [3.63, 3.8) is 0 Å². The highest BCUT2D eigenvalue weighted by atomic mass is 79.9. The molecule has 0 amide bonds. The predicted octanol–water partition coefficient (Wildman–Crippen LogP) is 4.58. The van der Waals surface area contributed by atoms with Crippen LogP contribution in [0.2, 0.25) is 0 Å². The van der Waals surface area contributed by atoms with Gasteiger partial charge in [0.05, 0.1) is 0 Å². The molecule has 0 aliphatic rings. The van der Waals surface area contributed by atoms with Crippen molar-refractivity contribution >= 4 is 15.9 Å². The SMILES string of the molecule is Fc1ccc(-c2ncn(-c3ccc(F)cc3)c2Br)cc1. The van der Waals surface area contributed by atoms with Gasteiger partial charge in [0.15, 0.2) is 0 Å². The Labute approximate surface area is 122 Å². The summed E-state index contributed by atoms with van der Waals surface area (Å²) in [6.07, 6.45) is 1.63. The maximum atomic E-state index is 12.9. The molecule has 100 valence electrons. The van der Waals surface area contributed by atoms with Crippen molar-refractivity contribution in [1.82, 2.24) is 9.55 Å². The van der Waals surface area contributed by atoms with Gasteiger partial charge in [0.1, 0.15) is 28.3 Å². The van der Waals surface area contributed by atoms with E-state index in [1.807, 2.05) is 0 Å². The van der Waals surface area contributed by atoms with Crippen LogP contribution in [-0.2, 0) is 0 Å². The van der Waals surface area contributed by atoms with Gasteiger partial charge in [-0.05, 0) is 64.5 Å². The van der Waals surface area contributed by atoms with E-state index in [1.165, 1.54) is 24.3 Å². The van der Waals surface area contributed by atoms with Gasteiger partial charge in [0, 0.05) is 11.3 Å². The Bertz CT molecular complexity index is 671. The number of imidazole rings is 1. The van der Waals surface area contributed by atoms with Gasteiger partial charge in [-0.3, -0.25) is 4.57 Å². The maximum Gasteiger partial charge on any atom is 0.123 e. The molecular weight excluding hydrogens is 326 g/mol. The van der Waals surface area contributed by atoms with Crippen LogP contribution in [0.15, 0.2) is 59.5 Å². The zero-order valence-corrected chi connectivity index (χ0v) is 11.8. The Morgan fingerprint density at radius 1 is 0.850 bits per heavy atom. The summed E-state index contributed by atoms with van der Waals surface area (Å²) in [5.74, 6) is -0.577. The minimum Gasteiger partial charge on any atom is -0.293 e. The number of nitrogens with zero attached hydrogens (tertiary/aromatic N) is 2. The lowest BCUT2D eigenvalue weighted by Crippen LogP contribution is -1.92. The van der Waals surface area contributed by atoms with E-state index in [0.29, 0.717) is 5.69 Å². The van der Waals surface area contributed by atoms with E-state index in [1.54, 1.807) is 35.2 Å². The minimum atomic E-state index is -0.289. The Hall–Kier alpha value is -2.01. The summed E-state index contributed by atoms with van der Waals surface area (Å²) in [6, 6.07) is 12.2. The number of aromatic nitrogens is 2. The van der Waals surface area contributed by atoms with Gasteiger partial charge in [-0.15, -0.1) is 0 Å². The fourth-order valence-electron chi connectivity index (χ4n) is 1.92. The Balaban J connectivity index is 2.04. The van der Waals surface area contributed by atoms with Gasteiger partial charge in [-0.25, -0.2) is 13.8 Å². The summed E-state index contributed by atoms with van der Waals surface area (Å²) < 4.78 is 28.4. The zero-order valence-electron chi connectivity index (χ0n) is 10.2. The summed E-state index contributed by atoms with van der Waals surface area (Å²) in [7, 11) is 0. The van der Waals surface area contributed by atoms with Crippen LogP contribution in [0, 0.1) is 11.6 Å². The van der Waals surface area contributed by atoms with E-state index in [2.05, 4.69) is 20.9 Å². The lowest BCUT2D eigenvalue weighted by Gasteiger charge is -2.04. The normalized spacial score (nSPS) is 10.8. The molecule has 0 bridgehead atoms. The zero-order chi connectivity index (χ0) is 14.1. The second kappa shape index (κ2) is 5.17. The number of halogens is 3. The van der Waals surface area contributed by atoms with Crippen LogP contribution in [0.1, 0.15) is 0 Å². The molecule has 1 heterocycles. The molecule has 0 spiro atoms. The van der Waals surface area contributed by atoms with Crippen LogP contribution >= 0.6 is 15.9 Å². The first-order valence-electron chi connectivity index (χ1n) is 5.90. The molecule has 5 heteroatoms. The number of hydrogen-bond acceptors (Lipinski definition) is 1. The highest BCUT2D eigenvalue weighted by Gasteiger charge is 2.11. The first-order valence-corrected chi connectivity index (χ1v) is 6.69. The molecule has 0 radical (unpaired) electrons. The summed E-state index contributed by atoms with van der Waals surface area (Å²) >= 11 is 3.47. The van der Waals surface area contributed by atoms with E-state index in [4.69, 9.17) is 0 Å². The number of rotatable bonds is 2. The van der Waals surface area contributed by atoms with Crippen LogP contribution in [-0.4, -0.2) is 9.55 Å². The molecule has 0 aliphatic carbocycles. The van der Waals surface area contributed by atoms with Crippen molar-refractivity contribution in [3.05, 3.63) is 71.1 Å². The van der Waals surface area contributed by atoms with Crippen LogP contribution in [0.25, 0.3) is 16.9 Å². The summed E-state index contributed by atoms with van der Waals surface area (Å²) in [4.78, 5) is 4.31. The lowest BCUT2D eigenvalue weighted by molar-refractivity contribution is 0.627. The van der Waals surface area contributed by atoms with Gasteiger partial charge in [-0.2, -0.15) is 0 Å². The molecule has 2 nitrogen and oxygen atoms in total. The molecule has 3 aromatic rings. The molecule has 0 saturated carbocycles. The molecule has 1 aromatic heterocycles. The molecule has 0 aliphatic heterocycles. The second-order valence-corrected chi connectivity index (χ2v) is 4.99. The molecule has 0 fully saturated rings. The molecule has 2 aromatic carbocycles. The minimum absolute atomic E-state index is 0.288. The maximum absolute atomic E-state index is 12.9. The average Bonchev–Trinajstić information content (AvgIpc) is 2.83. The largest absolute Gasteiger partial charge is 0.293 e. The van der Waals surface area contributed by atoms with E-state index in [-0.39, 0.29) is 11.6 Å². The van der Waals surface area contributed by atoms with Crippen LogP contribution in [0.4, 0.5) is 8.78 Å². The van der Waals surface area contributed by atoms with Crippen molar-refractivity contribution in [1.29, 1.82) is 0 Å². The molecule has 0 unspecified atom stereocenters. The molecule has 0 atom stereocenters. The number of benzene rings is 2. The van der Waals surface area contributed by atoms with E-state index in [9.17, 15) is 8.78 Å². The summed E-state index contributed by atoms with van der Waals surface area (Å²) in [5, 5.41) is 0. The van der Waals surface area contributed by atoms with E-state index >= 15 is 0 Å². The van der Waals surface area contributed by atoms with Gasteiger partial charge in [-0.1, -0.05) is 0 Å². The summed E-state index contributed by atoms with van der Waals surface area (Å²) in [6.45, 7) is 0. The first kappa shape index (κ1) is 13.0. The lowest BCUT2D eigenvalue weighted by atomic mass is 10.2. The average molecular weight is 335 g/mol. The van der Waals surface area contributed by atoms with Crippen molar-refractivity contribution in [2.24, 2.45) is 0 Å². The van der Waals surface area contributed by atoms with Crippen molar-refractivity contribution in [2.45, 2.75) is 0 Å². The molecule has 20 heavy (non-hydrogen) atoms. The predicted molar refractivity (Wildman–Crippen MR) is 76.6 cm³/mol. The van der Waals surface area contributed by atoms with Gasteiger partial charge >= 0.3 is 0 Å². The first-order chi connectivity index (χ1) is 9.65. The molecule has 3 rings (SSSR count).